The molecule has 0 radical (unpaired) electrons. The zero-order valence-corrected chi connectivity index (χ0v) is 27.6. The van der Waals surface area contributed by atoms with E-state index >= 15 is 4.39 Å². The monoisotopic (exact) mass is 636 g/mol. The molecule has 1 fully saturated rings. The zero-order valence-electron chi connectivity index (χ0n) is 27.0. The molecule has 0 saturated carbocycles. The van der Waals surface area contributed by atoms with Crippen LogP contribution in [0.5, 0.6) is 0 Å². The third-order valence-corrected chi connectivity index (χ3v) is 11.4. The number of aliphatic hydroxyl groups excluding tert-OH is 1. The van der Waals surface area contributed by atoms with E-state index < -0.39 is 44.4 Å². The van der Waals surface area contributed by atoms with E-state index in [-0.39, 0.29) is 23.7 Å². The molecule has 5 atom stereocenters. The molecule has 0 spiro atoms. The van der Waals surface area contributed by atoms with Crippen molar-refractivity contribution in [1.82, 2.24) is 14.2 Å². The van der Waals surface area contributed by atoms with Crippen LogP contribution in [0.2, 0.25) is 0 Å². The van der Waals surface area contributed by atoms with Crippen LogP contribution in [-0.2, 0) is 20.2 Å². The Labute approximate surface area is 254 Å². The molecule has 1 aromatic carbocycles. The Hall–Kier alpha value is -1.24. The molecular formula is C28H45FN3O6PS2. The summed E-state index contributed by atoms with van der Waals surface area (Å²) < 4.78 is 51.2. The lowest BCUT2D eigenvalue weighted by molar-refractivity contribution is -0.0180. The van der Waals surface area contributed by atoms with Crippen molar-refractivity contribution in [3.8, 4) is 0 Å². The molecule has 5 unspecified atom stereocenters. The van der Waals surface area contributed by atoms with Gasteiger partial charge in [-0.05, 0) is 52.6 Å². The molecular weight excluding hydrogens is 588 g/mol. The Morgan fingerprint density at radius 2 is 1.93 bits per heavy atom. The van der Waals surface area contributed by atoms with Crippen molar-refractivity contribution in [2.24, 2.45) is 0 Å². The minimum absolute atomic E-state index is 0.0459. The maximum absolute atomic E-state index is 15.8. The van der Waals surface area contributed by atoms with E-state index in [0.29, 0.717) is 13.0 Å². The van der Waals surface area contributed by atoms with Gasteiger partial charge in [0.1, 0.15) is 6.10 Å². The van der Waals surface area contributed by atoms with Crippen molar-refractivity contribution in [3.05, 3.63) is 62.9 Å². The Morgan fingerprint density at radius 1 is 1.27 bits per heavy atom. The zero-order chi connectivity index (χ0) is 32.3. The van der Waals surface area contributed by atoms with Gasteiger partial charge in [0.05, 0.1) is 12.7 Å². The number of ether oxygens (including phenoxy) is 1. The van der Waals surface area contributed by atoms with Crippen LogP contribution in [0.15, 0.2) is 51.0 Å². The minimum atomic E-state index is -1.75. The molecule has 2 N–H and O–H groups in total. The fourth-order valence-corrected chi connectivity index (χ4v) is 8.12. The van der Waals surface area contributed by atoms with Gasteiger partial charge in [-0.3, -0.25) is 14.3 Å². The van der Waals surface area contributed by atoms with Gasteiger partial charge in [-0.2, -0.15) is 0 Å². The van der Waals surface area contributed by atoms with E-state index in [1.165, 1.54) is 18.2 Å². The summed E-state index contributed by atoms with van der Waals surface area (Å²) in [6.45, 7) is 14.8. The highest BCUT2D eigenvalue weighted by Gasteiger charge is 2.47. The fourth-order valence-electron chi connectivity index (χ4n) is 4.10. The van der Waals surface area contributed by atoms with Gasteiger partial charge in [-0.15, -0.1) is 0 Å². The van der Waals surface area contributed by atoms with Gasteiger partial charge in [0.25, 0.3) is 14.1 Å². The SMILES string of the molecule is [2H]CC1OC(n2ccc(=O)[nH]c2=O)C(F)C1OP(OCCc1ccccc1SSC(C)(C)C)N(C(C)C)C(C)C.[3H]OC. The maximum atomic E-state index is 15.8. The normalized spacial score (nSPS) is 22.4. The lowest BCUT2D eigenvalue weighted by atomic mass is 10.2. The summed E-state index contributed by atoms with van der Waals surface area (Å²) in [5.41, 5.74) is -0.206. The van der Waals surface area contributed by atoms with Crippen LogP contribution in [0.4, 0.5) is 4.39 Å². The van der Waals surface area contributed by atoms with Gasteiger partial charge in [-0.1, -0.05) is 60.6 Å². The van der Waals surface area contributed by atoms with E-state index in [9.17, 15) is 9.59 Å². The first-order chi connectivity index (χ1) is 20.2. The number of aliphatic hydroxyl groups is 1. The van der Waals surface area contributed by atoms with Crippen LogP contribution in [0, 0.1) is 0 Å². The van der Waals surface area contributed by atoms with Gasteiger partial charge in [0, 0.05) is 42.5 Å². The van der Waals surface area contributed by atoms with Crippen LogP contribution in [0.3, 0.4) is 0 Å². The van der Waals surface area contributed by atoms with Crippen molar-refractivity contribution in [1.29, 1.82) is 1.43 Å². The largest absolute Gasteiger partial charge is 0.400 e. The predicted molar refractivity (Wildman–Crippen MR) is 167 cm³/mol. The molecule has 1 aliphatic rings. The summed E-state index contributed by atoms with van der Waals surface area (Å²) in [5, 5.41) is 3.50. The number of halogens is 1. The first-order valence-corrected chi connectivity index (χ1v) is 16.7. The van der Waals surface area contributed by atoms with Crippen LogP contribution >= 0.6 is 30.1 Å². The third kappa shape index (κ3) is 10.5. The quantitative estimate of drug-likeness (QED) is 0.217. The number of alkyl halides is 1. The summed E-state index contributed by atoms with van der Waals surface area (Å²) in [6.07, 6.45) is -3.27. The minimum Gasteiger partial charge on any atom is -0.400 e. The highest BCUT2D eigenvalue weighted by molar-refractivity contribution is 8.77. The molecule has 0 bridgehead atoms. The molecule has 0 aliphatic carbocycles. The molecule has 3 rings (SSSR count). The average molecular weight is 637 g/mol. The molecule has 2 heterocycles. The first-order valence-electron chi connectivity index (χ1n) is 14.6. The lowest BCUT2D eigenvalue weighted by Gasteiger charge is -2.37. The second-order valence-corrected chi connectivity index (χ2v) is 15.3. The standard InChI is InChI=1S/C27H41FN3O5PS2.CH4O/c1-17(2)31(18(3)4)37(34-16-14-20-11-9-10-12-21(20)38-39-27(6,7)8)36-24-19(5)35-25(23(24)28)30-15-13-22(32)29-26(30)33;1-2/h9-13,15,17-19,23-25H,14,16H2,1-8H3,(H,29,32,33);2H,1H3/i5D;2T. The molecule has 232 valence electrons. The lowest BCUT2D eigenvalue weighted by Crippen LogP contribution is -2.38. The molecule has 1 aromatic heterocycles. The van der Waals surface area contributed by atoms with Gasteiger partial charge >= 0.3 is 5.69 Å². The number of aromatic amines is 1. The van der Waals surface area contributed by atoms with Crippen molar-refractivity contribution in [3.63, 3.8) is 0 Å². The second-order valence-electron chi connectivity index (χ2n) is 10.9. The Morgan fingerprint density at radius 3 is 2.51 bits per heavy atom. The van der Waals surface area contributed by atoms with Crippen LogP contribution in [0.25, 0.3) is 0 Å². The van der Waals surface area contributed by atoms with E-state index in [0.717, 1.165) is 16.2 Å². The molecule has 1 aliphatic heterocycles. The maximum Gasteiger partial charge on any atom is 0.330 e. The third-order valence-electron chi connectivity index (χ3n) is 5.78. The molecule has 41 heavy (non-hydrogen) atoms. The fraction of sp³-hybridized carbons (Fsp3) is 0.643. The van der Waals surface area contributed by atoms with E-state index in [1.807, 2.05) is 50.6 Å². The summed E-state index contributed by atoms with van der Waals surface area (Å²) in [5.74, 6) is 0. The van der Waals surface area contributed by atoms with Crippen molar-refractivity contribution in [2.75, 3.05) is 13.7 Å². The summed E-state index contributed by atoms with van der Waals surface area (Å²) >= 11 is 0. The Bertz CT molecular complexity index is 1230. The molecule has 13 heteroatoms. The van der Waals surface area contributed by atoms with E-state index in [2.05, 4.69) is 47.7 Å². The van der Waals surface area contributed by atoms with Crippen LogP contribution < -0.4 is 11.2 Å². The van der Waals surface area contributed by atoms with Crippen molar-refractivity contribution < 1.29 is 24.7 Å². The van der Waals surface area contributed by atoms with E-state index in [4.69, 9.17) is 16.6 Å². The summed E-state index contributed by atoms with van der Waals surface area (Å²) in [6, 6.07) is 9.45. The molecule has 2 aromatic rings. The number of nitrogens with zero attached hydrogens (tertiary/aromatic N) is 2. The number of hydrogen-bond donors (Lipinski definition) is 2. The highest BCUT2D eigenvalue weighted by Crippen LogP contribution is 2.50. The Kier molecular flexibility index (Phi) is 13.2. The van der Waals surface area contributed by atoms with Crippen LogP contribution in [-0.4, -0.2) is 69.7 Å². The number of aromatic nitrogens is 2. The van der Waals surface area contributed by atoms with Gasteiger partial charge in [-0.25, -0.2) is 13.9 Å². The van der Waals surface area contributed by atoms with Crippen molar-refractivity contribution >= 4 is 30.1 Å². The number of H-pyrrole nitrogens is 1. The van der Waals surface area contributed by atoms with Crippen molar-refractivity contribution in [2.45, 2.75) is 108 Å². The first kappa shape index (κ1) is 32.7. The number of rotatable bonds is 12. The second kappa shape index (κ2) is 16.6. The summed E-state index contributed by atoms with van der Waals surface area (Å²) in [7, 11) is 3.11. The molecule has 0 amide bonds. The number of nitrogens with one attached hydrogen (secondary N) is 1. The average Bonchev–Trinajstić information content (AvgIpc) is 3.22. The number of benzene rings is 1. The van der Waals surface area contributed by atoms with E-state index in [1.54, 1.807) is 10.8 Å². The van der Waals surface area contributed by atoms with Gasteiger partial charge in [0.2, 0.25) is 1.43 Å². The van der Waals surface area contributed by atoms with Crippen LogP contribution in [0.1, 0.15) is 68.5 Å². The topological polar surface area (TPSA) is 106 Å². The van der Waals surface area contributed by atoms with Gasteiger partial charge in [0.15, 0.2) is 12.4 Å². The van der Waals surface area contributed by atoms with Gasteiger partial charge < -0.3 is 18.9 Å². The number of hydrogen-bond acceptors (Lipinski definition) is 9. The highest BCUT2D eigenvalue weighted by atomic mass is 33.1. The Balaban J connectivity index is 0.00000206. The smallest absolute Gasteiger partial charge is 0.330 e. The molecule has 9 nitrogen and oxygen atoms in total. The predicted octanol–water partition coefficient (Wildman–Crippen LogP) is 5.93. The molecule has 1 saturated heterocycles. The summed E-state index contributed by atoms with van der Waals surface area (Å²) in [4.78, 5) is 27.1.